The molecule has 1 aromatic carbocycles. The van der Waals surface area contributed by atoms with E-state index in [1.54, 1.807) is 18.2 Å². The Morgan fingerprint density at radius 2 is 1.89 bits per heavy atom. The fourth-order valence-electron chi connectivity index (χ4n) is 1.41. The van der Waals surface area contributed by atoms with E-state index in [1.165, 1.54) is 18.3 Å². The molecular weight excluding hydrogens is 285 g/mol. The lowest BCUT2D eigenvalue weighted by molar-refractivity contribution is 0.102. The van der Waals surface area contributed by atoms with Crippen molar-refractivity contribution in [1.82, 2.24) is 4.98 Å². The molecule has 0 spiro atoms. The van der Waals surface area contributed by atoms with E-state index in [0.717, 1.165) is 0 Å². The Balaban J connectivity index is 2.18. The Hall–Kier alpha value is -2.09. The van der Waals surface area contributed by atoms with Gasteiger partial charge in [0.05, 0.1) is 5.56 Å². The van der Waals surface area contributed by atoms with Crippen LogP contribution in [0, 0.1) is 11.3 Å². The number of carbonyl (C=O) groups excluding carboxylic acids is 1. The summed E-state index contributed by atoms with van der Waals surface area (Å²) in [5.41, 5.74) is 0.757. The summed E-state index contributed by atoms with van der Waals surface area (Å²) in [5.74, 6) is -0.0262. The molecule has 2 aromatic rings. The van der Waals surface area contributed by atoms with Crippen LogP contribution < -0.4 is 5.32 Å². The van der Waals surface area contributed by atoms with Gasteiger partial charge in [0.15, 0.2) is 0 Å². The van der Waals surface area contributed by atoms with Gasteiger partial charge in [-0.1, -0.05) is 23.2 Å². The quantitative estimate of drug-likeness (QED) is 0.921. The number of benzene rings is 1. The molecule has 94 valence electrons. The maximum atomic E-state index is 11.9. The van der Waals surface area contributed by atoms with Crippen LogP contribution in [0.1, 0.15) is 15.9 Å². The molecule has 0 aliphatic heterocycles. The van der Waals surface area contributed by atoms with Gasteiger partial charge in [-0.25, -0.2) is 4.98 Å². The van der Waals surface area contributed by atoms with Crippen LogP contribution in [0.15, 0.2) is 36.5 Å². The fraction of sp³-hybridized carbons (Fsp3) is 0. The average molecular weight is 292 g/mol. The van der Waals surface area contributed by atoms with Gasteiger partial charge >= 0.3 is 0 Å². The number of amides is 1. The van der Waals surface area contributed by atoms with E-state index in [0.29, 0.717) is 27.0 Å². The van der Waals surface area contributed by atoms with Crippen LogP contribution in [-0.4, -0.2) is 10.9 Å². The highest BCUT2D eigenvalue weighted by molar-refractivity contribution is 6.35. The molecule has 1 amide bonds. The van der Waals surface area contributed by atoms with Gasteiger partial charge in [0.2, 0.25) is 0 Å². The van der Waals surface area contributed by atoms with Gasteiger partial charge in [-0.05, 0) is 30.3 Å². The molecule has 0 saturated carbocycles. The second-order valence-corrected chi connectivity index (χ2v) is 4.53. The minimum Gasteiger partial charge on any atom is -0.307 e. The average Bonchev–Trinajstić information content (AvgIpc) is 2.38. The van der Waals surface area contributed by atoms with Gasteiger partial charge in [-0.2, -0.15) is 5.26 Å². The van der Waals surface area contributed by atoms with Crippen LogP contribution in [0.4, 0.5) is 5.82 Å². The van der Waals surface area contributed by atoms with Crippen LogP contribution in [0.3, 0.4) is 0 Å². The number of nitriles is 1. The molecular formula is C13H7Cl2N3O. The number of hydrogen-bond acceptors (Lipinski definition) is 3. The normalized spacial score (nSPS) is 9.74. The minimum absolute atomic E-state index is 0.337. The monoisotopic (exact) mass is 291 g/mol. The Bertz CT molecular complexity index is 642. The summed E-state index contributed by atoms with van der Waals surface area (Å²) in [6, 6.07) is 9.61. The molecule has 0 saturated heterocycles. The number of carbonyl (C=O) groups is 1. The first-order valence-corrected chi connectivity index (χ1v) is 5.97. The lowest BCUT2D eigenvalue weighted by Gasteiger charge is -2.05. The van der Waals surface area contributed by atoms with Crippen LogP contribution in [0.5, 0.6) is 0 Å². The Morgan fingerprint density at radius 3 is 2.42 bits per heavy atom. The van der Waals surface area contributed by atoms with Crippen molar-refractivity contribution in [1.29, 1.82) is 5.26 Å². The van der Waals surface area contributed by atoms with Gasteiger partial charge in [0.25, 0.3) is 5.91 Å². The third-order valence-corrected chi connectivity index (χ3v) is 2.70. The van der Waals surface area contributed by atoms with Gasteiger partial charge in [-0.15, -0.1) is 0 Å². The topological polar surface area (TPSA) is 65.8 Å². The van der Waals surface area contributed by atoms with Crippen molar-refractivity contribution in [2.24, 2.45) is 0 Å². The fourth-order valence-corrected chi connectivity index (χ4v) is 1.93. The molecule has 1 heterocycles. The predicted molar refractivity (Wildman–Crippen MR) is 73.4 cm³/mol. The zero-order valence-electron chi connectivity index (χ0n) is 9.52. The maximum Gasteiger partial charge on any atom is 0.256 e. The second-order valence-electron chi connectivity index (χ2n) is 3.66. The third-order valence-electron chi connectivity index (χ3n) is 2.26. The number of nitrogens with zero attached hydrogens (tertiary/aromatic N) is 2. The van der Waals surface area contributed by atoms with Gasteiger partial charge in [0.1, 0.15) is 11.9 Å². The summed E-state index contributed by atoms with van der Waals surface area (Å²) in [7, 11) is 0. The van der Waals surface area contributed by atoms with E-state index in [9.17, 15) is 4.79 Å². The van der Waals surface area contributed by atoms with Crippen molar-refractivity contribution in [3.8, 4) is 6.07 Å². The summed E-state index contributed by atoms with van der Waals surface area (Å²) in [4.78, 5) is 15.9. The highest BCUT2D eigenvalue weighted by Gasteiger charge is 2.09. The molecule has 0 bridgehead atoms. The SMILES string of the molecule is N#Cc1ccc(NC(=O)c2cc(Cl)cc(Cl)c2)nc1. The Kier molecular flexibility index (Phi) is 4.00. The van der Waals surface area contributed by atoms with Crippen molar-refractivity contribution in [3.63, 3.8) is 0 Å². The van der Waals surface area contributed by atoms with Crippen molar-refractivity contribution >= 4 is 34.9 Å². The molecule has 1 aromatic heterocycles. The zero-order valence-corrected chi connectivity index (χ0v) is 11.0. The standard InChI is InChI=1S/C13H7Cl2N3O/c14-10-3-9(4-11(15)5-10)13(19)18-12-2-1-8(6-16)7-17-12/h1-5,7H,(H,17,18,19). The summed E-state index contributed by atoms with van der Waals surface area (Å²) < 4.78 is 0. The van der Waals surface area contributed by atoms with Gasteiger partial charge in [0, 0.05) is 21.8 Å². The van der Waals surface area contributed by atoms with Crippen molar-refractivity contribution in [2.75, 3.05) is 5.32 Å². The molecule has 0 aliphatic rings. The molecule has 0 atom stereocenters. The van der Waals surface area contributed by atoms with E-state index >= 15 is 0 Å². The van der Waals surface area contributed by atoms with E-state index < -0.39 is 0 Å². The second kappa shape index (κ2) is 5.70. The third kappa shape index (κ3) is 3.44. The molecule has 0 unspecified atom stereocenters. The number of anilines is 1. The Morgan fingerprint density at radius 1 is 1.21 bits per heavy atom. The predicted octanol–water partition coefficient (Wildman–Crippen LogP) is 3.51. The Labute approximate surface area is 119 Å². The van der Waals surface area contributed by atoms with Gasteiger partial charge < -0.3 is 5.32 Å². The molecule has 4 nitrogen and oxygen atoms in total. The van der Waals surface area contributed by atoms with Gasteiger partial charge in [-0.3, -0.25) is 4.79 Å². The first-order valence-electron chi connectivity index (χ1n) is 5.22. The molecule has 6 heteroatoms. The highest BCUT2D eigenvalue weighted by Crippen LogP contribution is 2.19. The molecule has 0 radical (unpaired) electrons. The van der Waals surface area contributed by atoms with Crippen molar-refractivity contribution in [2.45, 2.75) is 0 Å². The minimum atomic E-state index is -0.374. The molecule has 19 heavy (non-hydrogen) atoms. The highest BCUT2D eigenvalue weighted by atomic mass is 35.5. The summed E-state index contributed by atoms with van der Waals surface area (Å²) >= 11 is 11.6. The largest absolute Gasteiger partial charge is 0.307 e. The number of aromatic nitrogens is 1. The maximum absolute atomic E-state index is 11.9. The number of rotatable bonds is 2. The van der Waals surface area contributed by atoms with Crippen LogP contribution >= 0.6 is 23.2 Å². The van der Waals surface area contributed by atoms with E-state index in [2.05, 4.69) is 10.3 Å². The number of nitrogens with one attached hydrogen (secondary N) is 1. The number of pyridine rings is 1. The number of hydrogen-bond donors (Lipinski definition) is 1. The van der Waals surface area contributed by atoms with Crippen LogP contribution in [0.2, 0.25) is 10.0 Å². The lowest BCUT2D eigenvalue weighted by atomic mass is 10.2. The summed E-state index contributed by atoms with van der Waals surface area (Å²) in [6.45, 7) is 0. The van der Waals surface area contributed by atoms with E-state index in [1.807, 2.05) is 6.07 Å². The van der Waals surface area contributed by atoms with Crippen molar-refractivity contribution < 1.29 is 4.79 Å². The summed E-state index contributed by atoms with van der Waals surface area (Å²) in [5, 5.41) is 12.0. The smallest absolute Gasteiger partial charge is 0.256 e. The zero-order chi connectivity index (χ0) is 13.8. The molecule has 1 N–H and O–H groups in total. The first-order chi connectivity index (χ1) is 9.08. The number of halogens is 2. The summed E-state index contributed by atoms with van der Waals surface area (Å²) in [6.07, 6.45) is 1.38. The molecule has 0 aliphatic carbocycles. The molecule has 2 rings (SSSR count). The van der Waals surface area contributed by atoms with E-state index in [4.69, 9.17) is 28.5 Å². The van der Waals surface area contributed by atoms with Crippen LogP contribution in [0.25, 0.3) is 0 Å². The van der Waals surface area contributed by atoms with E-state index in [-0.39, 0.29) is 5.91 Å². The lowest BCUT2D eigenvalue weighted by Crippen LogP contribution is -2.12. The molecule has 0 fully saturated rings. The van der Waals surface area contributed by atoms with Crippen LogP contribution in [-0.2, 0) is 0 Å². The first kappa shape index (κ1) is 13.3. The van der Waals surface area contributed by atoms with Crippen molar-refractivity contribution in [3.05, 3.63) is 57.7 Å².